The van der Waals surface area contributed by atoms with Gasteiger partial charge in [-0.1, -0.05) is 11.6 Å². The molecule has 0 aromatic heterocycles. The topological polar surface area (TPSA) is 76.4 Å². The Kier molecular flexibility index (Phi) is 5.94. The molecule has 1 heterocycles. The van der Waals surface area contributed by atoms with Gasteiger partial charge in [0.15, 0.2) is 0 Å². The number of amides is 2. The van der Waals surface area contributed by atoms with E-state index in [1.165, 1.54) is 0 Å². The minimum absolute atomic E-state index is 0.0158. The number of benzene rings is 2. The van der Waals surface area contributed by atoms with Gasteiger partial charge in [0.2, 0.25) is 5.91 Å². The molecule has 6 nitrogen and oxygen atoms in total. The Bertz CT molecular complexity index is 851. The number of nitrogens with one attached hydrogen (secondary N) is 1. The second-order valence-electron chi connectivity index (χ2n) is 6.22. The Morgan fingerprint density at radius 2 is 1.56 bits per heavy atom. The zero-order valence-corrected chi connectivity index (χ0v) is 15.4. The van der Waals surface area contributed by atoms with Gasteiger partial charge < -0.3 is 15.1 Å². The molecular weight excluding hydrogens is 364 g/mol. The highest BCUT2D eigenvalue weighted by molar-refractivity contribution is 6.30. The molecule has 27 heavy (non-hydrogen) atoms. The largest absolute Gasteiger partial charge is 0.376 e. The van der Waals surface area contributed by atoms with Gasteiger partial charge in [-0.2, -0.15) is 5.26 Å². The van der Waals surface area contributed by atoms with E-state index in [0.29, 0.717) is 42.3 Å². The number of hydrogen-bond donors (Lipinski definition) is 1. The van der Waals surface area contributed by atoms with Crippen LogP contribution in [0.4, 0.5) is 5.69 Å². The van der Waals surface area contributed by atoms with Crippen LogP contribution >= 0.6 is 11.6 Å². The van der Waals surface area contributed by atoms with E-state index >= 15 is 0 Å². The number of piperazine rings is 1. The summed E-state index contributed by atoms with van der Waals surface area (Å²) in [4.78, 5) is 28.4. The number of carbonyl (C=O) groups excluding carboxylic acids is 2. The molecule has 1 saturated heterocycles. The lowest BCUT2D eigenvalue weighted by Crippen LogP contribution is -2.51. The molecule has 1 aliphatic heterocycles. The molecule has 2 aromatic carbocycles. The molecule has 2 aromatic rings. The van der Waals surface area contributed by atoms with E-state index in [1.54, 1.807) is 58.3 Å². The van der Waals surface area contributed by atoms with Crippen LogP contribution in [0.3, 0.4) is 0 Å². The minimum atomic E-state index is -0.0468. The number of anilines is 1. The third-order valence-corrected chi connectivity index (χ3v) is 4.72. The molecule has 0 bridgehead atoms. The highest BCUT2D eigenvalue weighted by Crippen LogP contribution is 2.14. The van der Waals surface area contributed by atoms with Crippen LogP contribution in [0.15, 0.2) is 48.5 Å². The second kappa shape index (κ2) is 8.56. The summed E-state index contributed by atoms with van der Waals surface area (Å²) in [5.41, 5.74) is 1.97. The van der Waals surface area contributed by atoms with Crippen molar-refractivity contribution in [2.45, 2.75) is 0 Å². The molecular formula is C20H19ClN4O2. The van der Waals surface area contributed by atoms with Crippen molar-refractivity contribution in [1.82, 2.24) is 9.80 Å². The smallest absolute Gasteiger partial charge is 0.253 e. The lowest BCUT2D eigenvalue weighted by atomic mass is 10.2. The number of rotatable bonds is 4. The minimum Gasteiger partial charge on any atom is -0.376 e. The van der Waals surface area contributed by atoms with E-state index < -0.39 is 0 Å². The van der Waals surface area contributed by atoms with Crippen molar-refractivity contribution in [3.63, 3.8) is 0 Å². The molecule has 1 fully saturated rings. The van der Waals surface area contributed by atoms with E-state index in [2.05, 4.69) is 11.4 Å². The van der Waals surface area contributed by atoms with Gasteiger partial charge in [0, 0.05) is 42.5 Å². The lowest BCUT2D eigenvalue weighted by molar-refractivity contribution is -0.130. The standard InChI is InChI=1S/C20H19ClN4O2/c21-17-5-3-16(4-6-17)20(27)25-11-9-24(10-12-25)19(26)14-23-18-7-1-15(13-22)2-8-18/h1-8,23H,9-12,14H2. The number of carbonyl (C=O) groups is 2. The first-order valence-electron chi connectivity index (χ1n) is 8.63. The fourth-order valence-corrected chi connectivity index (χ4v) is 3.01. The summed E-state index contributed by atoms with van der Waals surface area (Å²) in [6.07, 6.45) is 0. The van der Waals surface area contributed by atoms with Gasteiger partial charge in [-0.3, -0.25) is 9.59 Å². The summed E-state index contributed by atoms with van der Waals surface area (Å²) in [6, 6.07) is 15.8. The summed E-state index contributed by atoms with van der Waals surface area (Å²) in [6.45, 7) is 2.20. The number of halogens is 1. The molecule has 0 radical (unpaired) electrons. The Hall–Kier alpha value is -3.04. The van der Waals surface area contributed by atoms with Crippen LogP contribution in [0.1, 0.15) is 15.9 Å². The quantitative estimate of drug-likeness (QED) is 0.881. The number of nitrogens with zero attached hydrogens (tertiary/aromatic N) is 3. The molecule has 7 heteroatoms. The van der Waals surface area contributed by atoms with Gasteiger partial charge in [-0.15, -0.1) is 0 Å². The first-order valence-corrected chi connectivity index (χ1v) is 9.01. The Morgan fingerprint density at radius 3 is 2.15 bits per heavy atom. The molecule has 0 atom stereocenters. The van der Waals surface area contributed by atoms with Crippen molar-refractivity contribution in [3.8, 4) is 6.07 Å². The number of hydrogen-bond acceptors (Lipinski definition) is 4. The summed E-state index contributed by atoms with van der Waals surface area (Å²) >= 11 is 5.86. The van der Waals surface area contributed by atoms with Crippen molar-refractivity contribution in [3.05, 3.63) is 64.7 Å². The molecule has 0 saturated carbocycles. The maximum absolute atomic E-state index is 12.5. The van der Waals surface area contributed by atoms with E-state index in [0.717, 1.165) is 5.69 Å². The monoisotopic (exact) mass is 382 g/mol. The predicted molar refractivity (Wildman–Crippen MR) is 104 cm³/mol. The zero-order chi connectivity index (χ0) is 19.2. The molecule has 138 valence electrons. The van der Waals surface area contributed by atoms with Crippen LogP contribution in [0.25, 0.3) is 0 Å². The fourth-order valence-electron chi connectivity index (χ4n) is 2.89. The lowest BCUT2D eigenvalue weighted by Gasteiger charge is -2.35. The van der Waals surface area contributed by atoms with E-state index in [1.807, 2.05) is 0 Å². The van der Waals surface area contributed by atoms with Gasteiger partial charge >= 0.3 is 0 Å². The van der Waals surface area contributed by atoms with Crippen molar-refractivity contribution in [2.75, 3.05) is 38.0 Å². The molecule has 0 unspecified atom stereocenters. The van der Waals surface area contributed by atoms with Crippen molar-refractivity contribution in [2.24, 2.45) is 0 Å². The Labute approximate surface area is 162 Å². The summed E-state index contributed by atoms with van der Waals surface area (Å²) in [5, 5.41) is 12.5. The molecule has 0 spiro atoms. The van der Waals surface area contributed by atoms with Crippen LogP contribution < -0.4 is 5.32 Å². The van der Waals surface area contributed by atoms with Crippen LogP contribution in [-0.4, -0.2) is 54.3 Å². The van der Waals surface area contributed by atoms with Gasteiger partial charge in [-0.05, 0) is 48.5 Å². The third-order valence-electron chi connectivity index (χ3n) is 4.47. The van der Waals surface area contributed by atoms with Crippen molar-refractivity contribution in [1.29, 1.82) is 5.26 Å². The molecule has 0 aliphatic carbocycles. The average Bonchev–Trinajstić information content (AvgIpc) is 2.72. The van der Waals surface area contributed by atoms with Crippen LogP contribution in [0.2, 0.25) is 5.02 Å². The van der Waals surface area contributed by atoms with Gasteiger partial charge in [0.1, 0.15) is 0 Å². The Morgan fingerprint density at radius 1 is 0.963 bits per heavy atom. The third kappa shape index (κ3) is 4.78. The van der Waals surface area contributed by atoms with E-state index in [4.69, 9.17) is 16.9 Å². The van der Waals surface area contributed by atoms with E-state index in [9.17, 15) is 9.59 Å². The van der Waals surface area contributed by atoms with Crippen LogP contribution in [0, 0.1) is 11.3 Å². The van der Waals surface area contributed by atoms with Gasteiger partial charge in [-0.25, -0.2) is 0 Å². The molecule has 1 N–H and O–H groups in total. The zero-order valence-electron chi connectivity index (χ0n) is 14.7. The van der Waals surface area contributed by atoms with Crippen LogP contribution in [-0.2, 0) is 4.79 Å². The van der Waals surface area contributed by atoms with E-state index in [-0.39, 0.29) is 18.4 Å². The fraction of sp³-hybridized carbons (Fsp3) is 0.250. The Balaban J connectivity index is 1.48. The van der Waals surface area contributed by atoms with Crippen molar-refractivity contribution < 1.29 is 9.59 Å². The average molecular weight is 383 g/mol. The summed E-state index contributed by atoms with van der Waals surface area (Å²) in [7, 11) is 0. The van der Waals surface area contributed by atoms with Crippen molar-refractivity contribution >= 4 is 29.1 Å². The first kappa shape index (κ1) is 18.7. The predicted octanol–water partition coefficient (Wildman–Crippen LogP) is 2.61. The molecule has 2 amide bonds. The highest BCUT2D eigenvalue weighted by atomic mass is 35.5. The maximum atomic E-state index is 12.5. The summed E-state index contributed by atoms with van der Waals surface area (Å²) < 4.78 is 0. The van der Waals surface area contributed by atoms with Gasteiger partial charge in [0.25, 0.3) is 5.91 Å². The molecule has 3 rings (SSSR count). The SMILES string of the molecule is N#Cc1ccc(NCC(=O)N2CCN(C(=O)c3ccc(Cl)cc3)CC2)cc1. The second-order valence-corrected chi connectivity index (χ2v) is 6.66. The van der Waals surface area contributed by atoms with Gasteiger partial charge in [0.05, 0.1) is 18.2 Å². The van der Waals surface area contributed by atoms with Crippen LogP contribution in [0.5, 0.6) is 0 Å². The normalized spacial score (nSPS) is 13.8. The highest BCUT2D eigenvalue weighted by Gasteiger charge is 2.24. The maximum Gasteiger partial charge on any atom is 0.253 e. The molecule has 1 aliphatic rings. The first-order chi connectivity index (χ1) is 13.1. The number of nitriles is 1. The summed E-state index contributed by atoms with van der Waals surface area (Å²) in [5.74, 6) is -0.0626.